The van der Waals surface area contributed by atoms with Gasteiger partial charge in [0, 0.05) is 6.54 Å². The first-order valence-corrected chi connectivity index (χ1v) is 6.40. The molecule has 0 bridgehead atoms. The standard InChI is InChI=1S/C12H25N3O/c1-5-8-12(6-2)13-11(16)15(14-12)9-7-10(3)4/h10,14H,5-9H2,1-4H3,(H,13,16). The molecule has 0 aromatic carbocycles. The largest absolute Gasteiger partial charge is 0.333 e. The molecule has 0 spiro atoms. The van der Waals surface area contributed by atoms with Gasteiger partial charge in [-0.2, -0.15) is 0 Å². The van der Waals surface area contributed by atoms with Crippen molar-refractivity contribution >= 4 is 6.03 Å². The number of carbonyl (C=O) groups is 1. The minimum atomic E-state index is -0.206. The number of hydrogen-bond acceptors (Lipinski definition) is 2. The molecule has 2 N–H and O–H groups in total. The lowest BCUT2D eigenvalue weighted by Crippen LogP contribution is -2.50. The van der Waals surface area contributed by atoms with Gasteiger partial charge in [-0.3, -0.25) is 5.01 Å². The van der Waals surface area contributed by atoms with Gasteiger partial charge >= 0.3 is 6.03 Å². The highest BCUT2D eigenvalue weighted by atomic mass is 16.2. The predicted molar refractivity (Wildman–Crippen MR) is 65.8 cm³/mol. The molecule has 1 heterocycles. The van der Waals surface area contributed by atoms with Gasteiger partial charge in [0.1, 0.15) is 5.66 Å². The van der Waals surface area contributed by atoms with E-state index in [4.69, 9.17) is 0 Å². The predicted octanol–water partition coefficient (Wildman–Crippen LogP) is 2.47. The Balaban J connectivity index is 2.54. The topological polar surface area (TPSA) is 44.4 Å². The number of hydrazine groups is 1. The third kappa shape index (κ3) is 3.11. The van der Waals surface area contributed by atoms with Crippen molar-refractivity contribution in [3.8, 4) is 0 Å². The lowest BCUT2D eigenvalue weighted by Gasteiger charge is -2.28. The number of hydrogen-bond donors (Lipinski definition) is 2. The normalized spacial score (nSPS) is 25.3. The van der Waals surface area contributed by atoms with Gasteiger partial charge in [-0.05, 0) is 25.2 Å². The van der Waals surface area contributed by atoms with Crippen LogP contribution in [0.1, 0.15) is 53.4 Å². The third-order valence-electron chi connectivity index (χ3n) is 3.15. The van der Waals surface area contributed by atoms with E-state index in [0.717, 1.165) is 32.2 Å². The first-order valence-electron chi connectivity index (χ1n) is 6.40. The highest BCUT2D eigenvalue weighted by Crippen LogP contribution is 2.20. The average Bonchev–Trinajstić information content (AvgIpc) is 2.54. The van der Waals surface area contributed by atoms with Gasteiger partial charge < -0.3 is 5.32 Å². The van der Waals surface area contributed by atoms with Crippen LogP contribution in [-0.2, 0) is 0 Å². The molecule has 1 atom stereocenters. The lowest BCUT2D eigenvalue weighted by atomic mass is 10.0. The van der Waals surface area contributed by atoms with Crippen LogP contribution in [-0.4, -0.2) is 23.2 Å². The minimum absolute atomic E-state index is 0.0240. The SMILES string of the molecule is CCCC1(CC)NC(=O)N(CCC(C)C)N1. The summed E-state index contributed by atoms with van der Waals surface area (Å²) in [5, 5.41) is 4.80. The van der Waals surface area contributed by atoms with Gasteiger partial charge in [-0.1, -0.05) is 34.1 Å². The monoisotopic (exact) mass is 227 g/mol. The molecule has 0 aliphatic carbocycles. The number of rotatable bonds is 6. The van der Waals surface area contributed by atoms with Crippen molar-refractivity contribution in [3.63, 3.8) is 0 Å². The highest BCUT2D eigenvalue weighted by molar-refractivity contribution is 5.76. The van der Waals surface area contributed by atoms with E-state index in [1.807, 2.05) is 0 Å². The molecule has 4 nitrogen and oxygen atoms in total. The molecule has 1 unspecified atom stereocenters. The molecule has 16 heavy (non-hydrogen) atoms. The molecule has 94 valence electrons. The average molecular weight is 227 g/mol. The summed E-state index contributed by atoms with van der Waals surface area (Å²) in [6.45, 7) is 9.38. The van der Waals surface area contributed by atoms with Gasteiger partial charge in [0.05, 0.1) is 0 Å². The van der Waals surface area contributed by atoms with Crippen LogP contribution in [0, 0.1) is 5.92 Å². The second-order valence-electron chi connectivity index (χ2n) is 5.06. The van der Waals surface area contributed by atoms with Gasteiger partial charge in [0.15, 0.2) is 0 Å². The Morgan fingerprint density at radius 3 is 2.56 bits per heavy atom. The minimum Gasteiger partial charge on any atom is -0.317 e. The first kappa shape index (κ1) is 13.3. The second kappa shape index (κ2) is 5.53. The van der Waals surface area contributed by atoms with Gasteiger partial charge in [-0.25, -0.2) is 10.2 Å². The molecule has 4 heteroatoms. The highest BCUT2D eigenvalue weighted by Gasteiger charge is 2.39. The Hall–Kier alpha value is -0.770. The number of carbonyl (C=O) groups excluding carboxylic acids is 1. The molecule has 0 aromatic rings. The summed E-state index contributed by atoms with van der Waals surface area (Å²) in [5.74, 6) is 0.623. The van der Waals surface area contributed by atoms with Crippen LogP contribution in [0.25, 0.3) is 0 Å². The Kier molecular flexibility index (Phi) is 4.59. The number of nitrogens with one attached hydrogen (secondary N) is 2. The van der Waals surface area contributed by atoms with Crippen LogP contribution in [0.15, 0.2) is 0 Å². The summed E-state index contributed by atoms with van der Waals surface area (Å²) in [4.78, 5) is 11.8. The second-order valence-corrected chi connectivity index (χ2v) is 5.06. The van der Waals surface area contributed by atoms with E-state index in [9.17, 15) is 4.79 Å². The van der Waals surface area contributed by atoms with Crippen molar-refractivity contribution in [2.24, 2.45) is 5.92 Å². The van der Waals surface area contributed by atoms with E-state index < -0.39 is 0 Å². The van der Waals surface area contributed by atoms with E-state index in [-0.39, 0.29) is 11.7 Å². The summed E-state index contributed by atoms with van der Waals surface area (Å²) < 4.78 is 0. The van der Waals surface area contributed by atoms with Crippen LogP contribution in [0.4, 0.5) is 4.79 Å². The smallest absolute Gasteiger partial charge is 0.317 e. The van der Waals surface area contributed by atoms with Crippen LogP contribution >= 0.6 is 0 Å². The summed E-state index contributed by atoms with van der Waals surface area (Å²) >= 11 is 0. The van der Waals surface area contributed by atoms with E-state index in [0.29, 0.717) is 5.92 Å². The Morgan fingerprint density at radius 1 is 1.38 bits per heavy atom. The zero-order valence-electron chi connectivity index (χ0n) is 11.0. The molecule has 1 aliphatic rings. The van der Waals surface area contributed by atoms with Crippen LogP contribution in [0.5, 0.6) is 0 Å². The first-order chi connectivity index (χ1) is 7.53. The van der Waals surface area contributed by atoms with Crippen molar-refractivity contribution < 1.29 is 4.79 Å². The molecule has 0 radical (unpaired) electrons. The molecule has 1 aliphatic heterocycles. The van der Waals surface area contributed by atoms with Crippen molar-refractivity contribution in [3.05, 3.63) is 0 Å². The number of nitrogens with zero attached hydrogens (tertiary/aromatic N) is 1. The molecular weight excluding hydrogens is 202 g/mol. The molecule has 1 rings (SSSR count). The number of urea groups is 1. The molecule has 1 saturated heterocycles. The van der Waals surface area contributed by atoms with Crippen molar-refractivity contribution in [2.75, 3.05) is 6.54 Å². The van der Waals surface area contributed by atoms with Crippen LogP contribution < -0.4 is 10.7 Å². The number of amides is 2. The van der Waals surface area contributed by atoms with Gasteiger partial charge in [0.2, 0.25) is 0 Å². The maximum Gasteiger partial charge on any atom is 0.333 e. The maximum absolute atomic E-state index is 11.8. The fourth-order valence-electron chi connectivity index (χ4n) is 2.04. The molecular formula is C12H25N3O. The summed E-state index contributed by atoms with van der Waals surface area (Å²) in [5.41, 5.74) is 3.13. The van der Waals surface area contributed by atoms with Crippen molar-refractivity contribution in [1.82, 2.24) is 15.8 Å². The summed E-state index contributed by atoms with van der Waals surface area (Å²) in [6, 6.07) is 0.0240. The van der Waals surface area contributed by atoms with Crippen LogP contribution in [0.2, 0.25) is 0 Å². The van der Waals surface area contributed by atoms with Crippen LogP contribution in [0.3, 0.4) is 0 Å². The van der Waals surface area contributed by atoms with Crippen molar-refractivity contribution in [2.45, 2.75) is 59.0 Å². The molecule has 1 fully saturated rings. The van der Waals surface area contributed by atoms with Gasteiger partial charge in [-0.15, -0.1) is 0 Å². The Morgan fingerprint density at radius 2 is 2.06 bits per heavy atom. The molecule has 0 aromatic heterocycles. The zero-order valence-corrected chi connectivity index (χ0v) is 11.0. The van der Waals surface area contributed by atoms with Gasteiger partial charge in [0.25, 0.3) is 0 Å². The fraction of sp³-hybridized carbons (Fsp3) is 0.917. The van der Waals surface area contributed by atoms with E-state index >= 15 is 0 Å². The Labute approximate surface area is 98.7 Å². The van der Waals surface area contributed by atoms with E-state index in [1.54, 1.807) is 5.01 Å². The third-order valence-corrected chi connectivity index (χ3v) is 3.15. The Bertz CT molecular complexity index is 242. The van der Waals surface area contributed by atoms with Crippen molar-refractivity contribution in [1.29, 1.82) is 0 Å². The maximum atomic E-state index is 11.8. The molecule has 2 amide bonds. The summed E-state index contributed by atoms with van der Waals surface area (Å²) in [6.07, 6.45) is 4.00. The van der Waals surface area contributed by atoms with E-state index in [1.165, 1.54) is 0 Å². The summed E-state index contributed by atoms with van der Waals surface area (Å²) in [7, 11) is 0. The quantitative estimate of drug-likeness (QED) is 0.732. The van der Waals surface area contributed by atoms with E-state index in [2.05, 4.69) is 38.4 Å². The zero-order chi connectivity index (χ0) is 12.2. The fourth-order valence-corrected chi connectivity index (χ4v) is 2.04. The lowest BCUT2D eigenvalue weighted by molar-refractivity contribution is 0.169. The molecule has 0 saturated carbocycles.